The quantitative estimate of drug-likeness (QED) is 0.832. The van der Waals surface area contributed by atoms with Gasteiger partial charge in [-0.3, -0.25) is 0 Å². The van der Waals surface area contributed by atoms with Gasteiger partial charge in [0.2, 0.25) is 0 Å². The number of hydrogen-bond donors (Lipinski definition) is 1. The van der Waals surface area contributed by atoms with Crippen molar-refractivity contribution < 1.29 is 13.9 Å². The van der Waals surface area contributed by atoms with Crippen molar-refractivity contribution in [2.75, 3.05) is 12.8 Å². The Labute approximate surface area is 86.4 Å². The molecule has 0 spiro atoms. The number of rotatable bonds is 3. The fourth-order valence-corrected chi connectivity index (χ4v) is 1.08. The van der Waals surface area contributed by atoms with Gasteiger partial charge in [-0.05, 0) is 12.1 Å². The van der Waals surface area contributed by atoms with Crippen molar-refractivity contribution in [1.82, 2.24) is 4.98 Å². The summed E-state index contributed by atoms with van der Waals surface area (Å²) in [5, 5.41) is 0. The van der Waals surface area contributed by atoms with Gasteiger partial charge >= 0.3 is 6.08 Å². The molecule has 0 saturated heterocycles. The van der Waals surface area contributed by atoms with E-state index in [-0.39, 0.29) is 11.9 Å². The van der Waals surface area contributed by atoms with Crippen LogP contribution in [0.25, 0.3) is 0 Å². The van der Waals surface area contributed by atoms with E-state index in [0.717, 1.165) is 0 Å². The molecule has 0 saturated carbocycles. The maximum absolute atomic E-state index is 5.38. The average Bonchev–Trinajstić information content (AvgIpc) is 2.64. The molecule has 0 aliphatic rings. The Morgan fingerprint density at radius 2 is 2.13 bits per heavy atom. The van der Waals surface area contributed by atoms with E-state index in [1.165, 1.54) is 6.26 Å². The van der Waals surface area contributed by atoms with Crippen molar-refractivity contribution in [1.29, 1.82) is 0 Å². The predicted octanol–water partition coefficient (Wildman–Crippen LogP) is 2.06. The number of oxazole rings is 1. The Hall–Kier alpha value is -2.17. The fraction of sp³-hybridized carbons (Fsp3) is 0.100. The molecular weight excluding hydrogens is 196 g/mol. The number of nitrogens with zero attached hydrogens (tertiary/aromatic N) is 1. The molecule has 15 heavy (non-hydrogen) atoms. The molecule has 78 valence electrons. The van der Waals surface area contributed by atoms with Crippen molar-refractivity contribution in [3.8, 4) is 17.6 Å². The van der Waals surface area contributed by atoms with Crippen LogP contribution in [0.3, 0.4) is 0 Å². The Bertz CT molecular complexity index is 453. The third-order valence-electron chi connectivity index (χ3n) is 1.75. The highest BCUT2D eigenvalue weighted by Crippen LogP contribution is 2.24. The lowest BCUT2D eigenvalue weighted by molar-refractivity contribution is 0.328. The van der Waals surface area contributed by atoms with Crippen LogP contribution in [0.2, 0.25) is 0 Å². The molecule has 0 bridgehead atoms. The second-order valence-electron chi connectivity index (χ2n) is 2.82. The molecule has 0 atom stereocenters. The highest BCUT2D eigenvalue weighted by atomic mass is 16.6. The van der Waals surface area contributed by atoms with Gasteiger partial charge in [0.15, 0.2) is 5.82 Å². The Morgan fingerprint density at radius 3 is 2.80 bits per heavy atom. The number of ether oxygens (including phenoxy) is 2. The van der Waals surface area contributed by atoms with Crippen molar-refractivity contribution in [2.45, 2.75) is 0 Å². The minimum absolute atomic E-state index is 0.112. The number of anilines is 1. The molecule has 0 fully saturated rings. The van der Waals surface area contributed by atoms with E-state index in [2.05, 4.69) is 4.98 Å². The van der Waals surface area contributed by atoms with Gasteiger partial charge in [0, 0.05) is 6.07 Å². The van der Waals surface area contributed by atoms with Crippen LogP contribution in [-0.2, 0) is 0 Å². The first-order chi connectivity index (χ1) is 7.28. The summed E-state index contributed by atoms with van der Waals surface area (Å²) >= 11 is 0. The van der Waals surface area contributed by atoms with E-state index in [1.54, 1.807) is 25.3 Å². The SMILES string of the molecule is COc1cccc(Oc2nc(N)co2)c1. The maximum atomic E-state index is 5.38. The molecule has 2 aromatic rings. The van der Waals surface area contributed by atoms with Crippen LogP contribution >= 0.6 is 0 Å². The minimum Gasteiger partial charge on any atom is -0.497 e. The summed E-state index contributed by atoms with van der Waals surface area (Å²) in [6, 6.07) is 7.11. The zero-order valence-electron chi connectivity index (χ0n) is 8.14. The molecule has 0 aliphatic carbocycles. The number of hydrogen-bond acceptors (Lipinski definition) is 5. The van der Waals surface area contributed by atoms with Crippen LogP contribution < -0.4 is 15.2 Å². The molecule has 1 aromatic heterocycles. The fourth-order valence-electron chi connectivity index (χ4n) is 1.08. The second-order valence-corrected chi connectivity index (χ2v) is 2.82. The third-order valence-corrected chi connectivity index (χ3v) is 1.75. The van der Waals surface area contributed by atoms with Gasteiger partial charge in [0.05, 0.1) is 7.11 Å². The first kappa shape index (κ1) is 9.39. The summed E-state index contributed by atoms with van der Waals surface area (Å²) in [6.07, 6.45) is 1.43. The van der Waals surface area contributed by atoms with Crippen LogP contribution in [-0.4, -0.2) is 12.1 Å². The van der Waals surface area contributed by atoms with Crippen LogP contribution in [0.5, 0.6) is 17.6 Å². The largest absolute Gasteiger partial charge is 0.497 e. The minimum atomic E-state index is 0.112. The van der Waals surface area contributed by atoms with E-state index in [4.69, 9.17) is 19.6 Å². The van der Waals surface area contributed by atoms with E-state index in [9.17, 15) is 0 Å². The van der Waals surface area contributed by atoms with Gasteiger partial charge in [-0.2, -0.15) is 4.98 Å². The van der Waals surface area contributed by atoms with Gasteiger partial charge in [0.25, 0.3) is 0 Å². The smallest absolute Gasteiger partial charge is 0.401 e. The lowest BCUT2D eigenvalue weighted by atomic mass is 10.3. The monoisotopic (exact) mass is 206 g/mol. The van der Waals surface area contributed by atoms with Crippen LogP contribution in [0.1, 0.15) is 0 Å². The van der Waals surface area contributed by atoms with Crippen molar-refractivity contribution >= 4 is 5.82 Å². The normalized spacial score (nSPS) is 9.93. The van der Waals surface area contributed by atoms with Crippen LogP contribution in [0.4, 0.5) is 5.82 Å². The van der Waals surface area contributed by atoms with Gasteiger partial charge in [-0.15, -0.1) is 0 Å². The molecule has 5 nitrogen and oxygen atoms in total. The summed E-state index contributed by atoms with van der Waals surface area (Å²) in [4.78, 5) is 3.81. The van der Waals surface area contributed by atoms with Crippen molar-refractivity contribution in [3.05, 3.63) is 30.5 Å². The number of benzene rings is 1. The predicted molar refractivity (Wildman–Crippen MR) is 54.0 cm³/mol. The molecule has 1 aromatic carbocycles. The second kappa shape index (κ2) is 3.91. The van der Waals surface area contributed by atoms with E-state index in [0.29, 0.717) is 11.5 Å². The molecule has 2 N–H and O–H groups in total. The number of nitrogen functional groups attached to an aromatic ring is 1. The maximum Gasteiger partial charge on any atom is 0.401 e. The van der Waals surface area contributed by atoms with Crippen LogP contribution in [0, 0.1) is 0 Å². The molecule has 5 heteroatoms. The third kappa shape index (κ3) is 2.19. The lowest BCUT2D eigenvalue weighted by Crippen LogP contribution is -1.87. The highest BCUT2D eigenvalue weighted by molar-refractivity contribution is 5.34. The lowest BCUT2D eigenvalue weighted by Gasteiger charge is -2.02. The summed E-state index contributed by atoms with van der Waals surface area (Å²) in [5.41, 5.74) is 5.38. The molecule has 0 radical (unpaired) electrons. The van der Waals surface area contributed by atoms with Crippen LogP contribution in [0.15, 0.2) is 34.9 Å². The zero-order chi connectivity index (χ0) is 10.7. The number of nitrogens with two attached hydrogens (primary N) is 1. The number of methoxy groups -OCH3 is 1. The standard InChI is InChI=1S/C10H10N2O3/c1-13-7-3-2-4-8(5-7)15-10-12-9(11)6-14-10/h2-6H,11H2,1H3. The first-order valence-electron chi connectivity index (χ1n) is 4.31. The van der Waals surface area contributed by atoms with Gasteiger partial charge in [0.1, 0.15) is 17.8 Å². The summed E-state index contributed by atoms with van der Waals surface area (Å²) < 4.78 is 15.3. The van der Waals surface area contributed by atoms with Gasteiger partial charge in [-0.25, -0.2) is 0 Å². The van der Waals surface area contributed by atoms with Crippen molar-refractivity contribution in [3.63, 3.8) is 0 Å². The van der Waals surface area contributed by atoms with E-state index >= 15 is 0 Å². The Morgan fingerprint density at radius 1 is 1.33 bits per heavy atom. The summed E-state index contributed by atoms with van der Waals surface area (Å²) in [5.74, 6) is 1.57. The topological polar surface area (TPSA) is 70.5 Å². The molecule has 1 heterocycles. The van der Waals surface area contributed by atoms with Gasteiger partial charge in [-0.1, -0.05) is 6.07 Å². The number of aromatic nitrogens is 1. The Kier molecular flexibility index (Phi) is 2.45. The molecule has 2 rings (SSSR count). The summed E-state index contributed by atoms with van der Waals surface area (Å²) in [7, 11) is 1.59. The van der Waals surface area contributed by atoms with Crippen molar-refractivity contribution in [2.24, 2.45) is 0 Å². The van der Waals surface area contributed by atoms with E-state index in [1.807, 2.05) is 6.07 Å². The van der Waals surface area contributed by atoms with E-state index < -0.39 is 0 Å². The molecular formula is C10H10N2O3. The molecule has 0 unspecified atom stereocenters. The van der Waals surface area contributed by atoms with Gasteiger partial charge < -0.3 is 19.6 Å². The molecule has 0 amide bonds. The molecule has 0 aliphatic heterocycles. The average molecular weight is 206 g/mol. The zero-order valence-corrected chi connectivity index (χ0v) is 8.14. The first-order valence-corrected chi connectivity index (χ1v) is 4.31. The highest BCUT2D eigenvalue weighted by Gasteiger charge is 2.04. The summed E-state index contributed by atoms with van der Waals surface area (Å²) in [6.45, 7) is 0. The Balaban J connectivity index is 2.16.